The minimum Gasteiger partial charge on any atom is -0.480 e. The molecule has 0 aliphatic carbocycles. The van der Waals surface area contributed by atoms with Crippen LogP contribution < -0.4 is 10.6 Å². The van der Waals surface area contributed by atoms with Crippen molar-refractivity contribution in [1.29, 1.82) is 0 Å². The first-order chi connectivity index (χ1) is 16.5. The van der Waals surface area contributed by atoms with Gasteiger partial charge in [0.05, 0.1) is 26.2 Å². The van der Waals surface area contributed by atoms with Gasteiger partial charge in [-0.25, -0.2) is 0 Å². The van der Waals surface area contributed by atoms with Crippen LogP contribution in [0, 0.1) is 0 Å². The number of likely N-dealkylation sites (N-methyl/N-ethyl adjacent to an activating group) is 1. The molecular formula is C21H38N6O8. The highest BCUT2D eigenvalue weighted by Gasteiger charge is 2.23. The fourth-order valence-electron chi connectivity index (χ4n) is 3.76. The number of carbonyl (C=O) groups is 5. The van der Waals surface area contributed by atoms with Crippen molar-refractivity contribution in [2.45, 2.75) is 19.4 Å². The Morgan fingerprint density at radius 2 is 0.971 bits per heavy atom. The summed E-state index contributed by atoms with van der Waals surface area (Å²) < 4.78 is 0. The van der Waals surface area contributed by atoms with Crippen molar-refractivity contribution in [2.75, 3.05) is 85.6 Å². The summed E-state index contributed by atoms with van der Waals surface area (Å²) in [7, 11) is 1.49. The van der Waals surface area contributed by atoms with Gasteiger partial charge in [0.1, 0.15) is 6.04 Å². The van der Waals surface area contributed by atoms with Crippen molar-refractivity contribution >= 4 is 29.7 Å². The van der Waals surface area contributed by atoms with Crippen LogP contribution in [0.15, 0.2) is 0 Å². The SMILES string of the molecule is CCC(NC(=O)CN1CCN(CC(=O)O)CCN(CC(=O)O)CCN(CC(=O)O)CC1)C(=O)NC. The topological polar surface area (TPSA) is 183 Å². The third-order valence-electron chi connectivity index (χ3n) is 5.68. The number of carboxylic acids is 3. The minimum absolute atomic E-state index is 0.0412. The van der Waals surface area contributed by atoms with Gasteiger partial charge in [0.15, 0.2) is 0 Å². The van der Waals surface area contributed by atoms with E-state index < -0.39 is 23.9 Å². The zero-order valence-corrected chi connectivity index (χ0v) is 20.4. The average molecular weight is 503 g/mol. The fraction of sp³-hybridized carbons (Fsp3) is 0.762. The van der Waals surface area contributed by atoms with Crippen LogP contribution in [-0.2, 0) is 24.0 Å². The van der Waals surface area contributed by atoms with E-state index in [0.717, 1.165) is 0 Å². The van der Waals surface area contributed by atoms with Crippen LogP contribution in [0.5, 0.6) is 0 Å². The first kappa shape index (κ1) is 30.2. The molecule has 1 aliphatic heterocycles. The van der Waals surface area contributed by atoms with E-state index in [4.69, 9.17) is 0 Å². The molecule has 0 radical (unpaired) electrons. The van der Waals surface area contributed by atoms with E-state index in [2.05, 4.69) is 10.6 Å². The van der Waals surface area contributed by atoms with Crippen LogP contribution in [0.4, 0.5) is 0 Å². The predicted octanol–water partition coefficient (Wildman–Crippen LogP) is -2.90. The maximum absolute atomic E-state index is 12.6. The zero-order valence-electron chi connectivity index (χ0n) is 20.4. The third kappa shape index (κ3) is 13.0. The quantitative estimate of drug-likeness (QED) is 0.195. The van der Waals surface area contributed by atoms with Crippen molar-refractivity contribution in [3.63, 3.8) is 0 Å². The highest BCUT2D eigenvalue weighted by molar-refractivity contribution is 5.88. The number of carboxylic acid groups (broad SMARTS) is 3. The lowest BCUT2D eigenvalue weighted by molar-refractivity contribution is -0.140. The Kier molecular flexibility index (Phi) is 13.8. The second-order valence-electron chi connectivity index (χ2n) is 8.43. The number of aliphatic carboxylic acids is 3. The third-order valence-corrected chi connectivity index (χ3v) is 5.68. The molecule has 0 spiro atoms. The minimum atomic E-state index is -1.02. The van der Waals surface area contributed by atoms with Gasteiger partial charge in [-0.3, -0.25) is 43.6 Å². The molecule has 14 heteroatoms. The molecule has 0 aromatic rings. The highest BCUT2D eigenvalue weighted by atomic mass is 16.4. The van der Waals surface area contributed by atoms with Gasteiger partial charge in [-0.15, -0.1) is 0 Å². The van der Waals surface area contributed by atoms with Crippen LogP contribution in [-0.4, -0.2) is 156 Å². The van der Waals surface area contributed by atoms with Crippen LogP contribution in [0.3, 0.4) is 0 Å². The van der Waals surface area contributed by atoms with Crippen molar-refractivity contribution in [1.82, 2.24) is 30.2 Å². The number of amides is 2. The second-order valence-corrected chi connectivity index (χ2v) is 8.43. The number of nitrogens with zero attached hydrogens (tertiary/aromatic N) is 4. The molecule has 1 aliphatic rings. The van der Waals surface area contributed by atoms with E-state index in [-0.39, 0.29) is 38.0 Å². The first-order valence-corrected chi connectivity index (χ1v) is 11.6. The van der Waals surface area contributed by atoms with Gasteiger partial charge in [-0.2, -0.15) is 0 Å². The predicted molar refractivity (Wildman–Crippen MR) is 125 cm³/mol. The van der Waals surface area contributed by atoms with Crippen molar-refractivity contribution in [3.8, 4) is 0 Å². The summed E-state index contributed by atoms with van der Waals surface area (Å²) >= 11 is 0. The molecule has 5 N–H and O–H groups in total. The maximum Gasteiger partial charge on any atom is 0.317 e. The lowest BCUT2D eigenvalue weighted by Crippen LogP contribution is -2.51. The van der Waals surface area contributed by atoms with E-state index in [1.807, 2.05) is 0 Å². The molecule has 14 nitrogen and oxygen atoms in total. The van der Waals surface area contributed by atoms with Crippen LogP contribution in [0.1, 0.15) is 13.3 Å². The highest BCUT2D eigenvalue weighted by Crippen LogP contribution is 2.02. The van der Waals surface area contributed by atoms with Gasteiger partial charge < -0.3 is 26.0 Å². The van der Waals surface area contributed by atoms with Crippen LogP contribution >= 0.6 is 0 Å². The molecule has 35 heavy (non-hydrogen) atoms. The maximum atomic E-state index is 12.6. The normalized spacial score (nSPS) is 18.6. The first-order valence-electron chi connectivity index (χ1n) is 11.6. The summed E-state index contributed by atoms with van der Waals surface area (Å²) in [6.45, 7) is 3.50. The van der Waals surface area contributed by atoms with Gasteiger partial charge in [0, 0.05) is 59.4 Å². The molecule has 0 bridgehead atoms. The van der Waals surface area contributed by atoms with Gasteiger partial charge in [0.2, 0.25) is 11.8 Å². The van der Waals surface area contributed by atoms with Crippen LogP contribution in [0.25, 0.3) is 0 Å². The summed E-state index contributed by atoms with van der Waals surface area (Å²) in [6.07, 6.45) is 0.414. The molecule has 1 unspecified atom stereocenters. The summed E-state index contributed by atoms with van der Waals surface area (Å²) in [5.41, 5.74) is 0. The molecule has 1 rings (SSSR count). The van der Waals surface area contributed by atoms with Crippen LogP contribution in [0.2, 0.25) is 0 Å². The largest absolute Gasteiger partial charge is 0.480 e. The number of hydrogen-bond donors (Lipinski definition) is 5. The van der Waals surface area contributed by atoms with E-state index in [1.54, 1.807) is 26.5 Å². The molecular weight excluding hydrogens is 464 g/mol. The molecule has 1 fully saturated rings. The lowest BCUT2D eigenvalue weighted by atomic mass is 10.2. The standard InChI is InChI=1S/C21H38N6O8/c1-3-16(21(35)22-2)23-17(28)12-24-4-6-25(13-18(29)30)8-10-27(15-20(33)34)11-9-26(7-5-24)14-19(31)32/h16H,3-15H2,1-2H3,(H,22,35)(H,23,28)(H,29,30)(H,31,32)(H,33,34). The van der Waals surface area contributed by atoms with E-state index in [0.29, 0.717) is 58.8 Å². The Bertz CT molecular complexity index is 705. The smallest absolute Gasteiger partial charge is 0.317 e. The molecule has 200 valence electrons. The molecule has 0 aromatic carbocycles. The Hall–Kier alpha value is -2.81. The molecule has 0 aromatic heterocycles. The van der Waals surface area contributed by atoms with Gasteiger partial charge in [-0.05, 0) is 6.42 Å². The second kappa shape index (κ2) is 16.0. The summed E-state index contributed by atoms with van der Waals surface area (Å²) in [6, 6.07) is -0.674. The molecule has 1 saturated heterocycles. The van der Waals surface area contributed by atoms with E-state index in [1.165, 1.54) is 7.05 Å². The molecule has 0 saturated carbocycles. The van der Waals surface area contributed by atoms with Crippen molar-refractivity contribution in [2.24, 2.45) is 0 Å². The number of rotatable bonds is 11. The Balaban J connectivity index is 2.98. The Morgan fingerprint density at radius 3 is 1.23 bits per heavy atom. The van der Waals surface area contributed by atoms with Gasteiger partial charge in [-0.1, -0.05) is 6.92 Å². The van der Waals surface area contributed by atoms with Crippen molar-refractivity contribution < 1.29 is 39.3 Å². The number of hydrogen-bond acceptors (Lipinski definition) is 9. The molecule has 1 atom stereocenters. The summed E-state index contributed by atoms with van der Waals surface area (Å²) in [5, 5.41) is 32.9. The monoisotopic (exact) mass is 502 g/mol. The average Bonchev–Trinajstić information content (AvgIpc) is 2.77. The lowest BCUT2D eigenvalue weighted by Gasteiger charge is -2.33. The van der Waals surface area contributed by atoms with Gasteiger partial charge >= 0.3 is 17.9 Å². The molecule has 1 heterocycles. The Labute approximate surface area is 204 Å². The Morgan fingerprint density at radius 1 is 0.657 bits per heavy atom. The van der Waals surface area contributed by atoms with Crippen molar-refractivity contribution in [3.05, 3.63) is 0 Å². The van der Waals surface area contributed by atoms with E-state index in [9.17, 15) is 39.3 Å². The summed E-state index contributed by atoms with van der Waals surface area (Å²) in [5.74, 6) is -3.73. The summed E-state index contributed by atoms with van der Waals surface area (Å²) in [4.78, 5) is 65.2. The number of carbonyl (C=O) groups excluding carboxylic acids is 2. The zero-order chi connectivity index (χ0) is 26.4. The number of nitrogens with one attached hydrogen (secondary N) is 2. The molecule has 2 amide bonds. The van der Waals surface area contributed by atoms with E-state index >= 15 is 0 Å². The van der Waals surface area contributed by atoms with Gasteiger partial charge in [0.25, 0.3) is 0 Å². The fourth-order valence-corrected chi connectivity index (χ4v) is 3.76.